The third kappa shape index (κ3) is 5.06. The molecule has 3 N–H and O–H groups in total. The first-order chi connectivity index (χ1) is 15.3. The van der Waals surface area contributed by atoms with E-state index in [-0.39, 0.29) is 40.7 Å². The Hall–Kier alpha value is -2.20. The van der Waals surface area contributed by atoms with Gasteiger partial charge in [-0.2, -0.15) is 11.8 Å². The molecule has 0 bridgehead atoms. The highest BCUT2D eigenvalue weighted by atomic mass is 32.2. The number of anilines is 1. The molecule has 2 saturated carbocycles. The minimum atomic E-state index is -1.18. The van der Waals surface area contributed by atoms with E-state index in [0.29, 0.717) is 29.7 Å². The Kier molecular flexibility index (Phi) is 6.99. The molecule has 1 aromatic carbocycles. The summed E-state index contributed by atoms with van der Waals surface area (Å²) in [5.41, 5.74) is -0.517. The molecule has 0 spiro atoms. The van der Waals surface area contributed by atoms with Crippen molar-refractivity contribution in [2.24, 2.45) is 0 Å². The zero-order chi connectivity index (χ0) is 22.8. The lowest BCUT2D eigenvalue weighted by atomic mass is 9.89. The van der Waals surface area contributed by atoms with Gasteiger partial charge in [-0.1, -0.05) is 0 Å². The predicted molar refractivity (Wildman–Crippen MR) is 121 cm³/mol. The number of aromatic nitrogens is 2. The highest BCUT2D eigenvalue weighted by Gasteiger charge is 2.30. The molecule has 4 rings (SSSR count). The number of nitrogens with one attached hydrogen (secondary N) is 3. The molecule has 174 valence electrons. The van der Waals surface area contributed by atoms with Crippen LogP contribution in [-0.4, -0.2) is 46.4 Å². The topological polar surface area (TPSA) is 96.1 Å². The van der Waals surface area contributed by atoms with Crippen LogP contribution < -0.4 is 16.2 Å². The summed E-state index contributed by atoms with van der Waals surface area (Å²) >= 11 is 1.68. The van der Waals surface area contributed by atoms with Crippen LogP contribution in [0.1, 0.15) is 51.3 Å². The fourth-order valence-corrected chi connectivity index (χ4v) is 5.55. The number of halogens is 2. The fourth-order valence-electron chi connectivity index (χ4n) is 4.41. The molecule has 0 unspecified atom stereocenters. The number of amides is 1. The van der Waals surface area contributed by atoms with Crippen LogP contribution in [0.4, 0.5) is 14.5 Å². The van der Waals surface area contributed by atoms with Crippen LogP contribution in [-0.2, 0) is 15.3 Å². The highest BCUT2D eigenvalue weighted by Crippen LogP contribution is 2.32. The summed E-state index contributed by atoms with van der Waals surface area (Å²) in [7, 11) is 1.63. The average Bonchev–Trinajstić information content (AvgIpc) is 2.72. The van der Waals surface area contributed by atoms with Crippen LogP contribution in [0, 0.1) is 11.6 Å². The van der Waals surface area contributed by atoms with Gasteiger partial charge in [0, 0.05) is 31.4 Å². The van der Waals surface area contributed by atoms with E-state index in [1.807, 2.05) is 0 Å². The number of ether oxygens (including phenoxy) is 1. The summed E-state index contributed by atoms with van der Waals surface area (Å²) in [5.74, 6) is -1.34. The molecule has 7 nitrogen and oxygen atoms in total. The zero-order valence-corrected chi connectivity index (χ0v) is 19.0. The van der Waals surface area contributed by atoms with Gasteiger partial charge in [0.1, 0.15) is 11.2 Å². The molecular formula is C22H28F2N4O3S. The lowest BCUT2D eigenvalue weighted by Crippen LogP contribution is -2.40. The van der Waals surface area contributed by atoms with Crippen molar-refractivity contribution >= 4 is 34.3 Å². The lowest BCUT2D eigenvalue weighted by Gasteiger charge is -2.35. The quantitative estimate of drug-likeness (QED) is 0.578. The first-order valence-electron chi connectivity index (χ1n) is 10.9. The van der Waals surface area contributed by atoms with Gasteiger partial charge >= 0.3 is 0 Å². The molecule has 32 heavy (non-hydrogen) atoms. The maximum absolute atomic E-state index is 14.6. The molecular weight excluding hydrogens is 438 g/mol. The summed E-state index contributed by atoms with van der Waals surface area (Å²) in [4.78, 5) is 30.7. The standard InChI is InChI=1S/C22H28F2N4O3S/c1-11(29)25-12-3-5-15(6-4-12)32-10-18-27-16-9-17(26-13-7-14(8-13)31-2)20(23)21(24)19(16)22(30)28-18/h9,12-15,26H,3-8,10H2,1-2H3,(H,25,29)(H,27,28,30)/t12-,13-,14+,15-. The second kappa shape index (κ2) is 9.74. The second-order valence-corrected chi connectivity index (χ2v) is 9.90. The number of methoxy groups -OCH3 is 1. The maximum Gasteiger partial charge on any atom is 0.261 e. The molecule has 1 heterocycles. The number of hydrogen-bond donors (Lipinski definition) is 3. The number of H-pyrrole nitrogens is 1. The van der Waals surface area contributed by atoms with Gasteiger partial charge in [0.15, 0.2) is 11.6 Å². The SMILES string of the molecule is CO[C@H]1C[C@@H](Nc2cc3nc(CS[C@H]4CC[C@H](NC(C)=O)CC4)[nH]c(=O)c3c(F)c2F)C1. The fraction of sp³-hybridized carbons (Fsp3) is 0.591. The van der Waals surface area contributed by atoms with Gasteiger partial charge in [-0.3, -0.25) is 9.59 Å². The van der Waals surface area contributed by atoms with Crippen molar-refractivity contribution in [3.63, 3.8) is 0 Å². The van der Waals surface area contributed by atoms with Gasteiger partial charge in [-0.25, -0.2) is 13.8 Å². The number of fused-ring (bicyclic) bond motifs is 1. The Morgan fingerprint density at radius 1 is 1.22 bits per heavy atom. The molecule has 1 aromatic heterocycles. The first kappa shape index (κ1) is 23.0. The number of aromatic amines is 1. The van der Waals surface area contributed by atoms with Crippen molar-refractivity contribution in [3.8, 4) is 0 Å². The Morgan fingerprint density at radius 2 is 1.94 bits per heavy atom. The molecule has 0 saturated heterocycles. The summed E-state index contributed by atoms with van der Waals surface area (Å²) in [6, 6.07) is 1.63. The van der Waals surface area contributed by atoms with Crippen LogP contribution in [0.15, 0.2) is 10.9 Å². The summed E-state index contributed by atoms with van der Waals surface area (Å²) in [6.45, 7) is 1.53. The second-order valence-electron chi connectivity index (χ2n) is 8.61. The Morgan fingerprint density at radius 3 is 2.59 bits per heavy atom. The van der Waals surface area contributed by atoms with Gasteiger partial charge in [0.2, 0.25) is 5.91 Å². The van der Waals surface area contributed by atoms with Crippen molar-refractivity contribution in [2.75, 3.05) is 12.4 Å². The van der Waals surface area contributed by atoms with Crippen molar-refractivity contribution < 1.29 is 18.3 Å². The third-order valence-corrected chi connectivity index (χ3v) is 7.63. The molecule has 2 aliphatic carbocycles. The van der Waals surface area contributed by atoms with E-state index < -0.39 is 17.2 Å². The van der Waals surface area contributed by atoms with Crippen molar-refractivity contribution in [1.29, 1.82) is 0 Å². The van der Waals surface area contributed by atoms with Gasteiger partial charge in [-0.15, -0.1) is 0 Å². The van der Waals surface area contributed by atoms with E-state index >= 15 is 0 Å². The lowest BCUT2D eigenvalue weighted by molar-refractivity contribution is -0.119. The summed E-state index contributed by atoms with van der Waals surface area (Å²) in [6.07, 6.45) is 5.32. The first-order valence-corrected chi connectivity index (χ1v) is 12.0. The Balaban J connectivity index is 1.44. The van der Waals surface area contributed by atoms with E-state index in [1.54, 1.807) is 18.9 Å². The van der Waals surface area contributed by atoms with Crippen LogP contribution in [0.3, 0.4) is 0 Å². The monoisotopic (exact) mass is 466 g/mol. The minimum Gasteiger partial charge on any atom is -0.381 e. The number of hydrogen-bond acceptors (Lipinski definition) is 6. The molecule has 2 aliphatic rings. The molecule has 1 amide bonds. The van der Waals surface area contributed by atoms with E-state index in [1.165, 1.54) is 13.0 Å². The van der Waals surface area contributed by atoms with Gasteiger partial charge in [0.05, 0.1) is 23.1 Å². The summed E-state index contributed by atoms with van der Waals surface area (Å²) < 4.78 is 34.4. The minimum absolute atomic E-state index is 0.00376. The van der Waals surface area contributed by atoms with E-state index in [4.69, 9.17) is 4.74 Å². The Labute approximate surface area is 189 Å². The number of carbonyl (C=O) groups excluding carboxylic acids is 1. The summed E-state index contributed by atoms with van der Waals surface area (Å²) in [5, 5.41) is 6.00. The number of thioether (sulfide) groups is 1. The zero-order valence-electron chi connectivity index (χ0n) is 18.2. The van der Waals surface area contributed by atoms with Crippen molar-refractivity contribution in [1.82, 2.24) is 15.3 Å². The van der Waals surface area contributed by atoms with Crippen molar-refractivity contribution in [2.45, 2.75) is 74.6 Å². The smallest absolute Gasteiger partial charge is 0.261 e. The maximum atomic E-state index is 14.6. The van der Waals surface area contributed by atoms with Crippen LogP contribution >= 0.6 is 11.8 Å². The number of nitrogens with zero attached hydrogens (tertiary/aromatic N) is 1. The van der Waals surface area contributed by atoms with Gasteiger partial charge < -0.3 is 20.4 Å². The van der Waals surface area contributed by atoms with Crippen molar-refractivity contribution in [3.05, 3.63) is 33.9 Å². The molecule has 0 atom stereocenters. The third-order valence-electron chi connectivity index (χ3n) is 6.25. The van der Waals surface area contributed by atoms with E-state index in [9.17, 15) is 18.4 Å². The molecule has 10 heteroatoms. The van der Waals surface area contributed by atoms with Crippen LogP contribution in [0.25, 0.3) is 10.9 Å². The molecule has 2 aromatic rings. The van der Waals surface area contributed by atoms with Gasteiger partial charge in [-0.05, 0) is 44.6 Å². The highest BCUT2D eigenvalue weighted by molar-refractivity contribution is 7.99. The normalized spacial score (nSPS) is 25.4. The Bertz CT molecular complexity index is 1050. The van der Waals surface area contributed by atoms with Gasteiger partial charge in [0.25, 0.3) is 5.56 Å². The van der Waals surface area contributed by atoms with E-state index in [0.717, 1.165) is 25.7 Å². The van der Waals surface area contributed by atoms with E-state index in [2.05, 4.69) is 20.6 Å². The number of rotatable bonds is 7. The predicted octanol–water partition coefficient (Wildman–Crippen LogP) is 3.47. The average molecular weight is 467 g/mol. The number of benzene rings is 1. The molecule has 2 fully saturated rings. The van der Waals surface area contributed by atoms with Crippen LogP contribution in [0.2, 0.25) is 0 Å². The van der Waals surface area contributed by atoms with Crippen LogP contribution in [0.5, 0.6) is 0 Å². The molecule has 0 radical (unpaired) electrons. The largest absolute Gasteiger partial charge is 0.381 e. The number of carbonyl (C=O) groups is 1. The molecule has 0 aliphatic heterocycles.